The van der Waals surface area contributed by atoms with Crippen LogP contribution in [0, 0.1) is 5.92 Å². The maximum Gasteiger partial charge on any atom is 0.0813 e. The first-order valence-electron chi connectivity index (χ1n) is 6.95. The van der Waals surface area contributed by atoms with Crippen LogP contribution in [-0.2, 0) is 0 Å². The van der Waals surface area contributed by atoms with Gasteiger partial charge in [0.2, 0.25) is 0 Å². The van der Waals surface area contributed by atoms with Crippen LogP contribution in [0.15, 0.2) is 23.7 Å². The molecule has 0 spiro atoms. The zero-order valence-corrected chi connectivity index (χ0v) is 11.7. The number of nitrogens with zero attached hydrogens (tertiary/aromatic N) is 1. The van der Waals surface area contributed by atoms with Crippen molar-refractivity contribution < 1.29 is 0 Å². The van der Waals surface area contributed by atoms with Crippen molar-refractivity contribution in [3.63, 3.8) is 0 Å². The summed E-state index contributed by atoms with van der Waals surface area (Å²) >= 11 is 1.72. The summed E-state index contributed by atoms with van der Waals surface area (Å²) in [6.07, 6.45) is 6.77. The minimum Gasteiger partial charge on any atom is -0.382 e. The molecule has 1 aromatic heterocycles. The summed E-state index contributed by atoms with van der Waals surface area (Å²) < 4.78 is 1.28. The van der Waals surface area contributed by atoms with Crippen LogP contribution in [0.1, 0.15) is 39.0 Å². The lowest BCUT2D eigenvalue weighted by Gasteiger charge is -2.29. The molecule has 3 rings (SSSR count). The Labute approximate surface area is 112 Å². The first-order chi connectivity index (χ1) is 8.85. The Hall–Kier alpha value is -1.09. The topological polar surface area (TPSA) is 24.9 Å². The van der Waals surface area contributed by atoms with Crippen LogP contribution in [0.3, 0.4) is 0 Å². The molecule has 1 fully saturated rings. The van der Waals surface area contributed by atoms with Crippen molar-refractivity contribution >= 4 is 27.2 Å². The fraction of sp³-hybridized carbons (Fsp3) is 0.533. The van der Waals surface area contributed by atoms with Gasteiger partial charge in [-0.15, -0.1) is 11.3 Å². The smallest absolute Gasteiger partial charge is 0.0813 e. The van der Waals surface area contributed by atoms with Crippen LogP contribution in [0.4, 0.5) is 5.69 Å². The number of thiazole rings is 1. The molecule has 1 heterocycles. The lowest BCUT2D eigenvalue weighted by atomic mass is 9.84. The van der Waals surface area contributed by atoms with Gasteiger partial charge in [0.05, 0.1) is 15.7 Å². The molecule has 1 aromatic carbocycles. The minimum absolute atomic E-state index is 0.661. The molecule has 18 heavy (non-hydrogen) atoms. The molecular weight excluding hydrogens is 240 g/mol. The summed E-state index contributed by atoms with van der Waals surface area (Å²) in [6, 6.07) is 7.18. The highest BCUT2D eigenvalue weighted by Crippen LogP contribution is 2.29. The fourth-order valence-electron chi connectivity index (χ4n) is 2.97. The first-order valence-corrected chi connectivity index (χ1v) is 7.83. The van der Waals surface area contributed by atoms with Crippen molar-refractivity contribution in [1.29, 1.82) is 0 Å². The fourth-order valence-corrected chi connectivity index (χ4v) is 3.69. The van der Waals surface area contributed by atoms with Crippen LogP contribution in [0.25, 0.3) is 10.2 Å². The normalized spacial score (nSPS) is 24.3. The first kappa shape index (κ1) is 12.0. The lowest BCUT2D eigenvalue weighted by molar-refractivity contribution is 0.327. The second kappa shape index (κ2) is 5.27. The zero-order chi connectivity index (χ0) is 12.4. The summed E-state index contributed by atoms with van der Waals surface area (Å²) in [5.74, 6) is 0.920. The lowest BCUT2D eigenvalue weighted by Crippen LogP contribution is -2.26. The van der Waals surface area contributed by atoms with E-state index in [0.29, 0.717) is 6.04 Å². The number of anilines is 1. The molecule has 96 valence electrons. The van der Waals surface area contributed by atoms with E-state index in [2.05, 4.69) is 35.4 Å². The molecule has 0 amide bonds. The van der Waals surface area contributed by atoms with Gasteiger partial charge in [0.1, 0.15) is 0 Å². The zero-order valence-electron chi connectivity index (χ0n) is 10.9. The Morgan fingerprint density at radius 2 is 2.33 bits per heavy atom. The van der Waals surface area contributed by atoms with Crippen LogP contribution in [-0.4, -0.2) is 11.0 Å². The third-order valence-corrected chi connectivity index (χ3v) is 4.85. The quantitative estimate of drug-likeness (QED) is 0.867. The Morgan fingerprint density at radius 1 is 1.39 bits per heavy atom. The molecule has 2 aromatic rings. The maximum absolute atomic E-state index is 4.32. The van der Waals surface area contributed by atoms with Gasteiger partial charge in [-0.3, -0.25) is 0 Å². The Bertz CT molecular complexity index is 520. The molecule has 2 atom stereocenters. The highest BCUT2D eigenvalue weighted by Gasteiger charge is 2.20. The SMILES string of the molecule is CCC1CCCC(Nc2ccc3ncsc3c2)C1. The molecule has 2 unspecified atom stereocenters. The summed E-state index contributed by atoms with van der Waals surface area (Å²) in [7, 11) is 0. The van der Waals surface area contributed by atoms with Crippen molar-refractivity contribution in [2.45, 2.75) is 45.1 Å². The number of aromatic nitrogens is 1. The number of hydrogen-bond acceptors (Lipinski definition) is 3. The van der Waals surface area contributed by atoms with Crippen LogP contribution in [0.2, 0.25) is 0 Å². The van der Waals surface area contributed by atoms with Crippen LogP contribution < -0.4 is 5.32 Å². The van der Waals surface area contributed by atoms with Gasteiger partial charge < -0.3 is 5.32 Å². The molecule has 1 saturated carbocycles. The molecule has 0 saturated heterocycles. The van der Waals surface area contributed by atoms with Crippen molar-refractivity contribution in [3.8, 4) is 0 Å². The van der Waals surface area contributed by atoms with E-state index in [9.17, 15) is 0 Å². The third kappa shape index (κ3) is 2.51. The second-order valence-electron chi connectivity index (χ2n) is 5.32. The Morgan fingerprint density at radius 3 is 3.22 bits per heavy atom. The maximum atomic E-state index is 4.32. The van der Waals surface area contributed by atoms with Gasteiger partial charge in [0.25, 0.3) is 0 Å². The number of fused-ring (bicyclic) bond motifs is 1. The van der Waals surface area contributed by atoms with Crippen LogP contribution in [0.5, 0.6) is 0 Å². The molecule has 2 nitrogen and oxygen atoms in total. The Balaban J connectivity index is 1.71. The molecular formula is C15H20N2S. The molecule has 1 aliphatic carbocycles. The van der Waals surface area contributed by atoms with Gasteiger partial charge >= 0.3 is 0 Å². The highest BCUT2D eigenvalue weighted by atomic mass is 32.1. The summed E-state index contributed by atoms with van der Waals surface area (Å²) in [5, 5.41) is 3.71. The Kier molecular flexibility index (Phi) is 3.50. The van der Waals surface area contributed by atoms with Gasteiger partial charge in [-0.1, -0.05) is 26.2 Å². The van der Waals surface area contributed by atoms with Crippen LogP contribution >= 0.6 is 11.3 Å². The van der Waals surface area contributed by atoms with Gasteiger partial charge in [0.15, 0.2) is 0 Å². The van der Waals surface area contributed by atoms with Gasteiger partial charge in [-0.05, 0) is 37.0 Å². The monoisotopic (exact) mass is 260 g/mol. The molecule has 1 aliphatic rings. The molecule has 1 N–H and O–H groups in total. The van der Waals surface area contributed by atoms with Gasteiger partial charge in [-0.25, -0.2) is 4.98 Å². The molecule has 0 bridgehead atoms. The average molecular weight is 260 g/mol. The predicted octanol–water partition coefficient (Wildman–Crippen LogP) is 4.68. The van der Waals surface area contributed by atoms with Crippen molar-refractivity contribution in [2.24, 2.45) is 5.92 Å². The summed E-state index contributed by atoms with van der Waals surface area (Å²) in [4.78, 5) is 4.32. The van der Waals surface area contributed by atoms with E-state index < -0.39 is 0 Å². The third-order valence-electron chi connectivity index (χ3n) is 4.06. The standard InChI is InChI=1S/C15H20N2S/c1-2-11-4-3-5-12(8-11)17-13-6-7-14-15(9-13)18-10-16-14/h6-7,9-12,17H,2-5,8H2,1H3. The van der Waals surface area contributed by atoms with Gasteiger partial charge in [-0.2, -0.15) is 0 Å². The number of benzene rings is 1. The van der Waals surface area contributed by atoms with E-state index in [1.54, 1.807) is 11.3 Å². The summed E-state index contributed by atoms with van der Waals surface area (Å²) in [5.41, 5.74) is 4.29. The highest BCUT2D eigenvalue weighted by molar-refractivity contribution is 7.16. The van der Waals surface area contributed by atoms with E-state index >= 15 is 0 Å². The molecule has 0 radical (unpaired) electrons. The van der Waals surface area contributed by atoms with E-state index in [1.165, 1.54) is 42.5 Å². The van der Waals surface area contributed by atoms with Crippen molar-refractivity contribution in [3.05, 3.63) is 23.7 Å². The summed E-state index contributed by atoms with van der Waals surface area (Å²) in [6.45, 7) is 2.32. The van der Waals surface area contributed by atoms with Crippen molar-refractivity contribution in [2.75, 3.05) is 5.32 Å². The van der Waals surface area contributed by atoms with E-state index in [0.717, 1.165) is 11.4 Å². The second-order valence-corrected chi connectivity index (χ2v) is 6.20. The average Bonchev–Trinajstić information content (AvgIpc) is 2.86. The van der Waals surface area contributed by atoms with Crippen molar-refractivity contribution in [1.82, 2.24) is 4.98 Å². The van der Waals surface area contributed by atoms with E-state index in [1.807, 2.05) is 5.51 Å². The largest absolute Gasteiger partial charge is 0.382 e. The van der Waals surface area contributed by atoms with E-state index in [4.69, 9.17) is 0 Å². The number of rotatable bonds is 3. The minimum atomic E-state index is 0.661. The van der Waals surface area contributed by atoms with E-state index in [-0.39, 0.29) is 0 Å². The molecule has 0 aliphatic heterocycles. The number of nitrogens with one attached hydrogen (secondary N) is 1. The number of hydrogen-bond donors (Lipinski definition) is 1. The molecule has 3 heteroatoms. The predicted molar refractivity (Wildman–Crippen MR) is 79.3 cm³/mol. The van der Waals surface area contributed by atoms with Gasteiger partial charge in [0, 0.05) is 11.7 Å².